The van der Waals surface area contributed by atoms with Gasteiger partial charge in [0.25, 0.3) is 0 Å². The van der Waals surface area contributed by atoms with Crippen LogP contribution in [0.4, 0.5) is 0 Å². The predicted octanol–water partition coefficient (Wildman–Crippen LogP) is 3.01. The summed E-state index contributed by atoms with van der Waals surface area (Å²) in [7, 11) is 0. The van der Waals surface area contributed by atoms with Crippen molar-refractivity contribution < 1.29 is 4.79 Å². The second-order valence-corrected chi connectivity index (χ2v) is 5.20. The van der Waals surface area contributed by atoms with Crippen molar-refractivity contribution in [2.75, 3.05) is 0 Å². The van der Waals surface area contributed by atoms with Crippen LogP contribution in [0.3, 0.4) is 0 Å². The van der Waals surface area contributed by atoms with Gasteiger partial charge in [0.2, 0.25) is 0 Å². The van der Waals surface area contributed by atoms with Gasteiger partial charge in [-0.1, -0.05) is 13.8 Å². The summed E-state index contributed by atoms with van der Waals surface area (Å²) in [5.41, 5.74) is 0. The molecule has 0 N–H and O–H groups in total. The largest absolute Gasteiger partial charge is 0.298 e. The Bertz CT molecular complexity index is 184. The average molecular weight is 189 g/mol. The van der Waals surface area contributed by atoms with E-state index in [1.807, 2.05) is 6.92 Å². The molecule has 1 fully saturated rings. The Kier molecular flexibility index (Phi) is 2.82. The average Bonchev–Trinajstić information content (AvgIpc) is 1.94. The second kappa shape index (κ2) is 3.37. The van der Waals surface area contributed by atoms with Gasteiger partial charge in [0.05, 0.1) is 4.87 Å². The van der Waals surface area contributed by atoms with Gasteiger partial charge in [-0.05, 0) is 31.6 Å². The molecule has 0 saturated heterocycles. The lowest BCUT2D eigenvalue weighted by Gasteiger charge is -2.32. The number of carbonyl (C=O) groups excluding carboxylic acids is 1. The molecule has 2 atom stereocenters. The molecule has 0 unspecified atom stereocenters. The Morgan fingerprint density at radius 1 is 1.58 bits per heavy atom. The van der Waals surface area contributed by atoms with Crippen LogP contribution in [0.15, 0.2) is 0 Å². The molecule has 1 saturated carbocycles. The summed E-state index contributed by atoms with van der Waals surface area (Å²) in [5, 5.41) is 0. The molecule has 0 heterocycles. The van der Waals surface area contributed by atoms with Crippen LogP contribution in [0.5, 0.6) is 0 Å². The Morgan fingerprint density at radius 3 is 2.58 bits per heavy atom. The van der Waals surface area contributed by atoms with Crippen molar-refractivity contribution in [2.45, 2.75) is 44.9 Å². The van der Waals surface area contributed by atoms with Gasteiger partial charge in [0.15, 0.2) is 5.78 Å². The van der Waals surface area contributed by atoms with E-state index >= 15 is 0 Å². The van der Waals surface area contributed by atoms with Gasteiger partial charge in [0, 0.05) is 6.42 Å². The van der Waals surface area contributed by atoms with Crippen molar-refractivity contribution in [3.63, 3.8) is 0 Å². The maximum Gasteiger partial charge on any atom is 0.153 e. The SMILES string of the molecule is CC(C)[C@H]1CC[C@@](C)(Cl)C(=O)C1. The lowest BCUT2D eigenvalue weighted by atomic mass is 9.76. The summed E-state index contributed by atoms with van der Waals surface area (Å²) in [6.07, 6.45) is 2.62. The van der Waals surface area contributed by atoms with Crippen molar-refractivity contribution in [2.24, 2.45) is 11.8 Å². The Balaban J connectivity index is 2.58. The molecule has 0 spiro atoms. The van der Waals surface area contributed by atoms with Crippen LogP contribution in [0.2, 0.25) is 0 Å². The third-order valence-corrected chi connectivity index (χ3v) is 3.36. The molecule has 2 heteroatoms. The van der Waals surface area contributed by atoms with Crippen molar-refractivity contribution in [1.29, 1.82) is 0 Å². The maximum absolute atomic E-state index is 11.5. The highest BCUT2D eigenvalue weighted by Crippen LogP contribution is 2.36. The van der Waals surface area contributed by atoms with Crippen molar-refractivity contribution in [1.82, 2.24) is 0 Å². The van der Waals surface area contributed by atoms with Crippen LogP contribution >= 0.6 is 11.6 Å². The summed E-state index contributed by atoms with van der Waals surface area (Å²) in [4.78, 5) is 10.9. The quantitative estimate of drug-likeness (QED) is 0.579. The van der Waals surface area contributed by atoms with E-state index < -0.39 is 4.87 Å². The fourth-order valence-corrected chi connectivity index (χ4v) is 1.90. The second-order valence-electron chi connectivity index (χ2n) is 4.37. The van der Waals surface area contributed by atoms with E-state index in [4.69, 9.17) is 11.6 Å². The summed E-state index contributed by atoms with van der Waals surface area (Å²) < 4.78 is 0. The molecular weight excluding hydrogens is 172 g/mol. The summed E-state index contributed by atoms with van der Waals surface area (Å²) >= 11 is 6.04. The van der Waals surface area contributed by atoms with Gasteiger partial charge in [-0.25, -0.2) is 0 Å². The van der Waals surface area contributed by atoms with E-state index in [0.717, 1.165) is 12.8 Å². The van der Waals surface area contributed by atoms with Gasteiger partial charge in [0.1, 0.15) is 0 Å². The summed E-state index contributed by atoms with van der Waals surface area (Å²) in [6.45, 7) is 6.19. The maximum atomic E-state index is 11.5. The number of ketones is 1. The number of Topliss-reactive ketones (excluding diaryl/α,β-unsaturated/α-hetero) is 1. The minimum Gasteiger partial charge on any atom is -0.298 e. The number of halogens is 1. The summed E-state index contributed by atoms with van der Waals surface area (Å²) in [6, 6.07) is 0. The van der Waals surface area contributed by atoms with E-state index in [-0.39, 0.29) is 5.78 Å². The molecule has 0 amide bonds. The highest BCUT2D eigenvalue weighted by Gasteiger charge is 2.37. The molecule has 12 heavy (non-hydrogen) atoms. The monoisotopic (exact) mass is 188 g/mol. The number of carbonyl (C=O) groups is 1. The Labute approximate surface area is 79.5 Å². The lowest BCUT2D eigenvalue weighted by molar-refractivity contribution is -0.124. The zero-order chi connectivity index (χ0) is 9.35. The number of alkyl halides is 1. The predicted molar refractivity (Wildman–Crippen MR) is 51.4 cm³/mol. The molecule has 1 aliphatic rings. The first-order chi connectivity index (χ1) is 5.43. The van der Waals surface area contributed by atoms with Crippen LogP contribution in [-0.2, 0) is 4.79 Å². The summed E-state index contributed by atoms with van der Waals surface area (Å²) in [5.74, 6) is 1.40. The molecule has 1 rings (SSSR count). The first-order valence-corrected chi connectivity index (χ1v) is 5.03. The highest BCUT2D eigenvalue weighted by molar-refractivity contribution is 6.35. The van der Waals surface area contributed by atoms with E-state index in [1.165, 1.54) is 0 Å². The van der Waals surface area contributed by atoms with Crippen LogP contribution in [0.25, 0.3) is 0 Å². The zero-order valence-electron chi connectivity index (χ0n) is 8.06. The molecule has 1 aliphatic carbocycles. The molecule has 0 radical (unpaired) electrons. The van der Waals surface area contributed by atoms with Crippen LogP contribution in [-0.4, -0.2) is 10.7 Å². The number of rotatable bonds is 1. The molecule has 1 nitrogen and oxygen atoms in total. The van der Waals surface area contributed by atoms with Gasteiger partial charge >= 0.3 is 0 Å². The molecule has 70 valence electrons. The van der Waals surface area contributed by atoms with Crippen molar-refractivity contribution in [3.05, 3.63) is 0 Å². The van der Waals surface area contributed by atoms with Gasteiger partial charge in [-0.15, -0.1) is 11.6 Å². The van der Waals surface area contributed by atoms with E-state index in [0.29, 0.717) is 18.3 Å². The van der Waals surface area contributed by atoms with E-state index in [1.54, 1.807) is 0 Å². The fourth-order valence-electron chi connectivity index (χ4n) is 1.72. The molecule has 0 aromatic carbocycles. The minimum absolute atomic E-state index is 0.231. The van der Waals surface area contributed by atoms with Gasteiger partial charge < -0.3 is 0 Å². The number of hydrogen-bond donors (Lipinski definition) is 0. The smallest absolute Gasteiger partial charge is 0.153 e. The highest BCUT2D eigenvalue weighted by atomic mass is 35.5. The molecule has 0 aliphatic heterocycles. The lowest BCUT2D eigenvalue weighted by Crippen LogP contribution is -2.37. The fraction of sp³-hybridized carbons (Fsp3) is 0.900. The van der Waals surface area contributed by atoms with Crippen molar-refractivity contribution >= 4 is 17.4 Å². The minimum atomic E-state index is -0.564. The molecular formula is C10H17ClO. The normalized spacial score (nSPS) is 37.4. The van der Waals surface area contributed by atoms with Crippen LogP contribution in [0, 0.1) is 11.8 Å². The van der Waals surface area contributed by atoms with Gasteiger partial charge in [-0.3, -0.25) is 4.79 Å². The standard InChI is InChI=1S/C10H17ClO/c1-7(2)8-4-5-10(3,11)9(12)6-8/h7-8H,4-6H2,1-3H3/t8-,10+/m0/s1. The zero-order valence-corrected chi connectivity index (χ0v) is 8.82. The van der Waals surface area contributed by atoms with E-state index in [2.05, 4.69) is 13.8 Å². The van der Waals surface area contributed by atoms with Crippen LogP contribution < -0.4 is 0 Å². The molecule has 0 aromatic rings. The first kappa shape index (κ1) is 10.0. The van der Waals surface area contributed by atoms with Gasteiger partial charge in [-0.2, -0.15) is 0 Å². The molecule has 0 aromatic heterocycles. The third kappa shape index (κ3) is 2.01. The third-order valence-electron chi connectivity index (χ3n) is 2.96. The topological polar surface area (TPSA) is 17.1 Å². The van der Waals surface area contributed by atoms with E-state index in [9.17, 15) is 4.79 Å². The Morgan fingerprint density at radius 2 is 2.17 bits per heavy atom. The number of hydrogen-bond acceptors (Lipinski definition) is 1. The Hall–Kier alpha value is -0.0400. The molecule has 0 bridgehead atoms. The van der Waals surface area contributed by atoms with Crippen molar-refractivity contribution in [3.8, 4) is 0 Å². The first-order valence-electron chi connectivity index (χ1n) is 4.65. The van der Waals surface area contributed by atoms with Crippen LogP contribution in [0.1, 0.15) is 40.0 Å².